The van der Waals surface area contributed by atoms with Gasteiger partial charge in [-0.1, -0.05) is 0 Å². The molecule has 0 aliphatic carbocycles. The number of nitrogens with two attached hydrogens (primary N) is 1. The molecule has 0 amide bonds. The second-order valence-corrected chi connectivity index (χ2v) is 5.16. The van der Waals surface area contributed by atoms with Crippen molar-refractivity contribution < 1.29 is 13.5 Å². The number of thioether (sulfide) groups is 1. The van der Waals surface area contributed by atoms with Gasteiger partial charge in [-0.05, 0) is 25.0 Å². The molecular formula is C12H14F2N2OS. The van der Waals surface area contributed by atoms with Gasteiger partial charge in [0.15, 0.2) is 0 Å². The lowest BCUT2D eigenvalue weighted by atomic mass is 10.2. The highest BCUT2D eigenvalue weighted by Crippen LogP contribution is 2.29. The number of rotatable bonds is 4. The van der Waals surface area contributed by atoms with Crippen molar-refractivity contribution >= 4 is 17.6 Å². The van der Waals surface area contributed by atoms with Gasteiger partial charge in [-0.15, -0.1) is 11.8 Å². The highest BCUT2D eigenvalue weighted by molar-refractivity contribution is 7.99. The molecule has 0 bridgehead atoms. The topological polar surface area (TPSA) is 59.1 Å². The first-order valence-electron chi connectivity index (χ1n) is 5.66. The van der Waals surface area contributed by atoms with Crippen molar-refractivity contribution in [3.8, 4) is 0 Å². The van der Waals surface area contributed by atoms with Crippen LogP contribution in [-0.4, -0.2) is 24.3 Å². The summed E-state index contributed by atoms with van der Waals surface area (Å²) in [6, 6.07) is 2.17. The quantitative estimate of drug-likeness (QED) is 0.503. The minimum absolute atomic E-state index is 0.0319. The Bertz CT molecular complexity index is 438. The van der Waals surface area contributed by atoms with Gasteiger partial charge in [-0.25, -0.2) is 8.78 Å². The van der Waals surface area contributed by atoms with Gasteiger partial charge < -0.3 is 10.5 Å². The lowest BCUT2D eigenvalue weighted by molar-refractivity contribution is 0.129. The van der Waals surface area contributed by atoms with Crippen LogP contribution in [0, 0.1) is 17.0 Å². The zero-order valence-corrected chi connectivity index (χ0v) is 10.5. The summed E-state index contributed by atoms with van der Waals surface area (Å²) in [5.74, 6) is -1.16. The van der Waals surface area contributed by atoms with Crippen molar-refractivity contribution in [1.82, 2.24) is 0 Å². The van der Waals surface area contributed by atoms with Crippen LogP contribution in [0.5, 0.6) is 0 Å². The molecule has 18 heavy (non-hydrogen) atoms. The molecule has 0 spiro atoms. The molecule has 0 radical (unpaired) electrons. The van der Waals surface area contributed by atoms with E-state index in [-0.39, 0.29) is 22.4 Å². The molecule has 1 aliphatic heterocycles. The summed E-state index contributed by atoms with van der Waals surface area (Å²) >= 11 is 1.11. The third-order valence-electron chi connectivity index (χ3n) is 2.75. The van der Waals surface area contributed by atoms with Crippen LogP contribution >= 0.6 is 11.8 Å². The minimum Gasteiger partial charge on any atom is -0.384 e. The minimum atomic E-state index is -0.678. The average Bonchev–Trinajstić information content (AvgIpc) is 2.80. The normalized spacial score (nSPS) is 19.1. The third-order valence-corrected chi connectivity index (χ3v) is 3.96. The smallest absolute Gasteiger partial charge is 0.140 e. The lowest BCUT2D eigenvalue weighted by Gasteiger charge is -2.10. The summed E-state index contributed by atoms with van der Waals surface area (Å²) in [6.07, 6.45) is 2.00. The van der Waals surface area contributed by atoms with Gasteiger partial charge >= 0.3 is 0 Å². The van der Waals surface area contributed by atoms with E-state index in [2.05, 4.69) is 0 Å². The summed E-state index contributed by atoms with van der Waals surface area (Å²) in [5.41, 5.74) is 5.26. The summed E-state index contributed by atoms with van der Waals surface area (Å²) in [6.45, 7) is 0.722. The number of ether oxygens (including phenoxy) is 1. The zero-order valence-electron chi connectivity index (χ0n) is 9.71. The first-order chi connectivity index (χ1) is 8.58. The van der Waals surface area contributed by atoms with E-state index in [1.54, 1.807) is 0 Å². The van der Waals surface area contributed by atoms with Crippen LogP contribution in [-0.2, 0) is 4.74 Å². The third kappa shape index (κ3) is 3.00. The van der Waals surface area contributed by atoms with Gasteiger partial charge in [-0.3, -0.25) is 5.41 Å². The lowest BCUT2D eigenvalue weighted by Crippen LogP contribution is -2.13. The van der Waals surface area contributed by atoms with Crippen molar-refractivity contribution in [2.45, 2.75) is 23.8 Å². The van der Waals surface area contributed by atoms with E-state index < -0.39 is 11.6 Å². The molecule has 0 aromatic heterocycles. The molecule has 1 unspecified atom stereocenters. The average molecular weight is 272 g/mol. The van der Waals surface area contributed by atoms with Gasteiger partial charge in [0.25, 0.3) is 0 Å². The SMILES string of the molecule is N=C(N)c1cc(F)c(SCC2CCCO2)c(F)c1. The molecule has 1 aromatic carbocycles. The molecule has 1 aromatic rings. The molecule has 1 fully saturated rings. The zero-order chi connectivity index (χ0) is 13.1. The van der Waals surface area contributed by atoms with E-state index in [1.807, 2.05) is 0 Å². The first kappa shape index (κ1) is 13.3. The van der Waals surface area contributed by atoms with Crippen molar-refractivity contribution in [1.29, 1.82) is 5.41 Å². The highest BCUT2D eigenvalue weighted by Gasteiger charge is 2.19. The maximum atomic E-state index is 13.7. The number of benzene rings is 1. The number of hydrogen-bond donors (Lipinski definition) is 2. The Morgan fingerprint density at radius 1 is 1.44 bits per heavy atom. The molecule has 3 N–H and O–H groups in total. The predicted molar refractivity (Wildman–Crippen MR) is 67.1 cm³/mol. The van der Waals surface area contributed by atoms with Crippen molar-refractivity contribution in [2.24, 2.45) is 5.73 Å². The maximum absolute atomic E-state index is 13.7. The fraction of sp³-hybridized carbons (Fsp3) is 0.417. The number of nitrogens with one attached hydrogen (secondary N) is 1. The van der Waals surface area contributed by atoms with Crippen LogP contribution in [0.2, 0.25) is 0 Å². The van der Waals surface area contributed by atoms with Crippen LogP contribution in [0.25, 0.3) is 0 Å². The molecule has 1 saturated heterocycles. The Balaban J connectivity index is 2.10. The predicted octanol–water partition coefficient (Wildman–Crippen LogP) is 2.52. The van der Waals surface area contributed by atoms with Gasteiger partial charge in [0.1, 0.15) is 17.5 Å². The molecule has 98 valence electrons. The van der Waals surface area contributed by atoms with Gasteiger partial charge in [0.2, 0.25) is 0 Å². The van der Waals surface area contributed by atoms with Crippen LogP contribution in [0.1, 0.15) is 18.4 Å². The molecule has 3 nitrogen and oxygen atoms in total. The van der Waals surface area contributed by atoms with E-state index in [0.29, 0.717) is 5.75 Å². The van der Waals surface area contributed by atoms with E-state index in [4.69, 9.17) is 15.9 Å². The molecule has 6 heteroatoms. The summed E-state index contributed by atoms with van der Waals surface area (Å²) in [5, 5.41) is 7.15. The van der Waals surface area contributed by atoms with Crippen LogP contribution in [0.4, 0.5) is 8.78 Å². The standard InChI is InChI=1S/C12H14F2N2OS/c13-9-4-7(12(15)16)5-10(14)11(9)18-6-8-2-1-3-17-8/h4-5,8H,1-3,6H2,(H3,15,16). The summed E-state index contributed by atoms with van der Waals surface area (Å²) in [7, 11) is 0. The van der Waals surface area contributed by atoms with E-state index in [9.17, 15) is 8.78 Å². The molecular weight excluding hydrogens is 258 g/mol. The number of hydrogen-bond acceptors (Lipinski definition) is 3. The Morgan fingerprint density at radius 3 is 2.61 bits per heavy atom. The fourth-order valence-electron chi connectivity index (χ4n) is 1.81. The maximum Gasteiger partial charge on any atom is 0.140 e. The molecule has 1 atom stereocenters. The van der Waals surface area contributed by atoms with E-state index in [1.165, 1.54) is 0 Å². The molecule has 1 heterocycles. The Kier molecular flexibility index (Phi) is 4.19. The van der Waals surface area contributed by atoms with Crippen LogP contribution in [0.3, 0.4) is 0 Å². The number of nitrogen functional groups attached to an aromatic ring is 1. The molecule has 1 aliphatic rings. The Hall–Kier alpha value is -1.14. The van der Waals surface area contributed by atoms with E-state index in [0.717, 1.165) is 43.3 Å². The Labute approximate surface area is 108 Å². The molecule has 0 saturated carbocycles. The van der Waals surface area contributed by atoms with Gasteiger partial charge in [0, 0.05) is 17.9 Å². The number of amidine groups is 1. The number of halogens is 2. The van der Waals surface area contributed by atoms with Gasteiger partial charge in [-0.2, -0.15) is 0 Å². The monoisotopic (exact) mass is 272 g/mol. The Morgan fingerprint density at radius 2 is 2.11 bits per heavy atom. The second kappa shape index (κ2) is 5.67. The van der Waals surface area contributed by atoms with Gasteiger partial charge in [0.05, 0.1) is 11.0 Å². The summed E-state index contributed by atoms with van der Waals surface area (Å²) in [4.78, 5) is -0.0319. The largest absolute Gasteiger partial charge is 0.384 e. The second-order valence-electron chi connectivity index (χ2n) is 4.13. The highest BCUT2D eigenvalue weighted by atomic mass is 32.2. The van der Waals surface area contributed by atoms with Crippen molar-refractivity contribution in [3.05, 3.63) is 29.3 Å². The van der Waals surface area contributed by atoms with Crippen LogP contribution < -0.4 is 5.73 Å². The fourth-order valence-corrected chi connectivity index (χ4v) is 2.81. The summed E-state index contributed by atoms with van der Waals surface area (Å²) < 4.78 is 32.8. The molecule has 2 rings (SSSR count). The van der Waals surface area contributed by atoms with Crippen LogP contribution in [0.15, 0.2) is 17.0 Å². The van der Waals surface area contributed by atoms with Crippen molar-refractivity contribution in [2.75, 3.05) is 12.4 Å². The first-order valence-corrected chi connectivity index (χ1v) is 6.64. The van der Waals surface area contributed by atoms with E-state index >= 15 is 0 Å². The van der Waals surface area contributed by atoms with Crippen molar-refractivity contribution in [3.63, 3.8) is 0 Å².